The number of thioether (sulfide) groups is 1. The van der Waals surface area contributed by atoms with Gasteiger partial charge in [-0.2, -0.15) is 0 Å². The van der Waals surface area contributed by atoms with Gasteiger partial charge in [-0.3, -0.25) is 4.79 Å². The molecule has 4 heteroatoms. The molecule has 2 nitrogen and oxygen atoms in total. The van der Waals surface area contributed by atoms with E-state index in [2.05, 4.69) is 39.4 Å². The zero-order chi connectivity index (χ0) is 14.7. The maximum Gasteiger partial charge on any atom is 0.224 e. The summed E-state index contributed by atoms with van der Waals surface area (Å²) in [4.78, 5) is 13.5. The Hall–Kier alpha value is -1.26. The Morgan fingerprint density at radius 3 is 2.76 bits per heavy atom. The van der Waals surface area contributed by atoms with E-state index in [4.69, 9.17) is 0 Å². The highest BCUT2D eigenvalue weighted by Gasteiger charge is 2.21. The lowest BCUT2D eigenvalue weighted by Gasteiger charge is -2.25. The molecule has 0 aromatic heterocycles. The van der Waals surface area contributed by atoms with Gasteiger partial charge in [0.25, 0.3) is 0 Å². The van der Waals surface area contributed by atoms with Crippen LogP contribution in [0.1, 0.15) is 23.6 Å². The number of carbonyl (C=O) groups is 1. The summed E-state index contributed by atoms with van der Waals surface area (Å²) in [6.07, 6.45) is 1.42. The van der Waals surface area contributed by atoms with E-state index in [1.54, 1.807) is 0 Å². The first kappa shape index (κ1) is 14.7. The number of fused-ring (bicyclic) bond motifs is 1. The molecular formula is C17H16BrNOS. The molecule has 1 aliphatic heterocycles. The summed E-state index contributed by atoms with van der Waals surface area (Å²) < 4.78 is 1.03. The summed E-state index contributed by atoms with van der Waals surface area (Å²) in [6.45, 7) is 0. The van der Waals surface area contributed by atoms with Crippen LogP contribution in [0.15, 0.2) is 57.9 Å². The van der Waals surface area contributed by atoms with Crippen LogP contribution in [0, 0.1) is 0 Å². The van der Waals surface area contributed by atoms with E-state index < -0.39 is 0 Å². The van der Waals surface area contributed by atoms with E-state index in [1.807, 2.05) is 42.1 Å². The van der Waals surface area contributed by atoms with Crippen molar-refractivity contribution in [1.82, 2.24) is 5.32 Å². The lowest BCUT2D eigenvalue weighted by atomic mass is 10.0. The van der Waals surface area contributed by atoms with Gasteiger partial charge in [0.05, 0.1) is 12.5 Å². The average molecular weight is 362 g/mol. The number of amides is 1. The minimum Gasteiger partial charge on any atom is -0.349 e. The summed E-state index contributed by atoms with van der Waals surface area (Å²) in [7, 11) is 0. The van der Waals surface area contributed by atoms with Crippen molar-refractivity contribution in [2.24, 2.45) is 0 Å². The summed E-state index contributed by atoms with van der Waals surface area (Å²) >= 11 is 5.28. The highest BCUT2D eigenvalue weighted by Crippen LogP contribution is 2.35. The molecule has 0 saturated carbocycles. The predicted molar refractivity (Wildman–Crippen MR) is 90.5 cm³/mol. The molecule has 1 atom stereocenters. The van der Waals surface area contributed by atoms with E-state index in [-0.39, 0.29) is 11.9 Å². The van der Waals surface area contributed by atoms with Gasteiger partial charge in [0, 0.05) is 15.1 Å². The lowest BCUT2D eigenvalue weighted by Crippen LogP contribution is -2.31. The number of hydrogen-bond acceptors (Lipinski definition) is 2. The van der Waals surface area contributed by atoms with E-state index in [1.165, 1.54) is 10.5 Å². The monoisotopic (exact) mass is 361 g/mol. The number of hydrogen-bond donors (Lipinski definition) is 1. The molecule has 0 bridgehead atoms. The van der Waals surface area contributed by atoms with E-state index in [0.717, 1.165) is 22.2 Å². The largest absolute Gasteiger partial charge is 0.349 e. The second kappa shape index (κ2) is 6.67. The van der Waals surface area contributed by atoms with Gasteiger partial charge < -0.3 is 5.32 Å². The molecule has 1 amide bonds. The van der Waals surface area contributed by atoms with Crippen molar-refractivity contribution in [3.05, 3.63) is 64.1 Å². The van der Waals surface area contributed by atoms with Crippen molar-refractivity contribution in [3.8, 4) is 0 Å². The van der Waals surface area contributed by atoms with Gasteiger partial charge in [0.1, 0.15) is 0 Å². The zero-order valence-corrected chi connectivity index (χ0v) is 13.9. The molecule has 0 saturated heterocycles. The van der Waals surface area contributed by atoms with Crippen LogP contribution in [0.4, 0.5) is 0 Å². The van der Waals surface area contributed by atoms with Crippen LogP contribution in [0.25, 0.3) is 0 Å². The van der Waals surface area contributed by atoms with Gasteiger partial charge in [-0.15, -0.1) is 11.8 Å². The van der Waals surface area contributed by atoms with Crippen molar-refractivity contribution < 1.29 is 4.79 Å². The first-order chi connectivity index (χ1) is 10.2. The van der Waals surface area contributed by atoms with Crippen LogP contribution in [0.3, 0.4) is 0 Å². The summed E-state index contributed by atoms with van der Waals surface area (Å²) in [5.74, 6) is 1.14. The quantitative estimate of drug-likeness (QED) is 0.880. The molecule has 2 aromatic rings. The Labute approximate surface area is 137 Å². The maximum absolute atomic E-state index is 12.2. The molecule has 1 N–H and O–H groups in total. The summed E-state index contributed by atoms with van der Waals surface area (Å²) in [6, 6.07) is 16.4. The number of nitrogens with one attached hydrogen (secondary N) is 1. The lowest BCUT2D eigenvalue weighted by molar-refractivity contribution is -0.121. The van der Waals surface area contributed by atoms with Crippen molar-refractivity contribution in [2.75, 3.05) is 5.75 Å². The van der Waals surface area contributed by atoms with Gasteiger partial charge in [-0.1, -0.05) is 46.3 Å². The Morgan fingerprint density at radius 1 is 1.19 bits per heavy atom. The Balaban J connectivity index is 1.67. The van der Waals surface area contributed by atoms with Gasteiger partial charge in [0.15, 0.2) is 0 Å². The third kappa shape index (κ3) is 3.69. The van der Waals surface area contributed by atoms with Crippen molar-refractivity contribution in [2.45, 2.75) is 23.8 Å². The molecule has 0 radical (unpaired) electrons. The third-order valence-corrected chi connectivity index (χ3v) is 5.22. The molecule has 108 valence electrons. The van der Waals surface area contributed by atoms with Gasteiger partial charge in [-0.05, 0) is 35.7 Å². The second-order valence-electron chi connectivity index (χ2n) is 5.10. The molecule has 21 heavy (non-hydrogen) atoms. The highest BCUT2D eigenvalue weighted by atomic mass is 79.9. The summed E-state index contributed by atoms with van der Waals surface area (Å²) in [5, 5.41) is 3.17. The fourth-order valence-corrected chi connectivity index (χ4v) is 3.91. The minimum atomic E-state index is 0.0871. The predicted octanol–water partition coefficient (Wildman–Crippen LogP) is 4.34. The number of carbonyl (C=O) groups excluding carboxylic acids is 1. The number of benzene rings is 2. The smallest absolute Gasteiger partial charge is 0.224 e. The maximum atomic E-state index is 12.2. The van der Waals surface area contributed by atoms with E-state index in [0.29, 0.717) is 6.42 Å². The van der Waals surface area contributed by atoms with Crippen molar-refractivity contribution in [3.63, 3.8) is 0 Å². The summed E-state index contributed by atoms with van der Waals surface area (Å²) in [5.41, 5.74) is 2.28. The molecule has 3 rings (SSSR count). The average Bonchev–Trinajstić information content (AvgIpc) is 2.50. The Kier molecular flexibility index (Phi) is 4.66. The molecule has 1 unspecified atom stereocenters. The SMILES string of the molecule is O=C(Cc1ccc(Br)cc1)NC1CCSc2ccccc21. The fourth-order valence-electron chi connectivity index (χ4n) is 2.53. The van der Waals surface area contributed by atoms with Crippen LogP contribution >= 0.6 is 27.7 Å². The number of halogens is 1. The normalized spacial score (nSPS) is 17.1. The molecule has 0 aliphatic carbocycles. The van der Waals surface area contributed by atoms with Crippen LogP contribution in [-0.4, -0.2) is 11.7 Å². The van der Waals surface area contributed by atoms with Crippen LogP contribution in [-0.2, 0) is 11.2 Å². The molecule has 0 spiro atoms. The minimum absolute atomic E-state index is 0.0871. The topological polar surface area (TPSA) is 29.1 Å². The van der Waals surface area contributed by atoms with Crippen molar-refractivity contribution >= 4 is 33.6 Å². The van der Waals surface area contributed by atoms with Crippen LogP contribution in [0.5, 0.6) is 0 Å². The van der Waals surface area contributed by atoms with E-state index >= 15 is 0 Å². The first-order valence-electron chi connectivity index (χ1n) is 6.98. The molecule has 0 fully saturated rings. The standard InChI is InChI=1S/C17H16BrNOS/c18-13-7-5-12(6-8-13)11-17(20)19-15-9-10-21-16-4-2-1-3-14(15)16/h1-8,15H,9-11H2,(H,19,20). The Bertz CT molecular complexity index is 641. The van der Waals surface area contributed by atoms with Gasteiger partial charge >= 0.3 is 0 Å². The van der Waals surface area contributed by atoms with E-state index in [9.17, 15) is 4.79 Å². The second-order valence-corrected chi connectivity index (χ2v) is 7.15. The molecular weight excluding hydrogens is 346 g/mol. The first-order valence-corrected chi connectivity index (χ1v) is 8.76. The highest BCUT2D eigenvalue weighted by molar-refractivity contribution is 9.10. The zero-order valence-electron chi connectivity index (χ0n) is 11.5. The Morgan fingerprint density at radius 2 is 1.95 bits per heavy atom. The van der Waals surface area contributed by atoms with Crippen LogP contribution in [0.2, 0.25) is 0 Å². The van der Waals surface area contributed by atoms with Crippen LogP contribution < -0.4 is 5.32 Å². The van der Waals surface area contributed by atoms with Gasteiger partial charge in [0.2, 0.25) is 5.91 Å². The molecule has 2 aromatic carbocycles. The number of rotatable bonds is 3. The molecule has 1 heterocycles. The third-order valence-electron chi connectivity index (χ3n) is 3.57. The molecule has 1 aliphatic rings. The fraction of sp³-hybridized carbons (Fsp3) is 0.235. The van der Waals surface area contributed by atoms with Gasteiger partial charge in [-0.25, -0.2) is 0 Å². The van der Waals surface area contributed by atoms with Crippen molar-refractivity contribution in [1.29, 1.82) is 0 Å².